The molecule has 0 spiro atoms. The van der Waals surface area contributed by atoms with Gasteiger partial charge in [-0.3, -0.25) is 4.79 Å². The average Bonchev–Trinajstić information content (AvgIpc) is 2.68. The molecule has 2 rings (SSSR count). The number of nitrogens with zero attached hydrogens (tertiary/aromatic N) is 2. The molecule has 1 aromatic heterocycles. The summed E-state index contributed by atoms with van der Waals surface area (Å²) in [6.45, 7) is 14.6. The molecular formula is C24H36Cl2N2O4Si. The van der Waals surface area contributed by atoms with E-state index in [1.165, 1.54) is 10.9 Å². The normalized spacial score (nSPS) is 12.7. The van der Waals surface area contributed by atoms with E-state index in [2.05, 4.69) is 18.9 Å². The Bertz CT molecular complexity index is 1010. The highest BCUT2D eigenvalue weighted by atomic mass is 35.5. The maximum atomic E-state index is 12.4. The van der Waals surface area contributed by atoms with Gasteiger partial charge in [-0.15, -0.1) is 0 Å². The molecule has 1 heterocycles. The molecule has 6 nitrogen and oxygen atoms in total. The second-order valence-electron chi connectivity index (χ2n) is 10.5. The van der Waals surface area contributed by atoms with Crippen LogP contribution in [0.15, 0.2) is 29.2 Å². The topological polar surface area (TPSA) is 73.6 Å². The lowest BCUT2D eigenvalue weighted by molar-refractivity contribution is 0.290. The molecule has 1 aromatic carbocycles. The quantitative estimate of drug-likeness (QED) is 0.292. The maximum absolute atomic E-state index is 12.4. The molecule has 2 aromatic rings. The van der Waals surface area contributed by atoms with Gasteiger partial charge in [0.1, 0.15) is 12.4 Å². The number of ether oxygens (including phenoxy) is 2. The van der Waals surface area contributed by atoms with Crippen molar-refractivity contribution in [3.05, 3.63) is 50.4 Å². The van der Waals surface area contributed by atoms with Crippen molar-refractivity contribution in [1.82, 2.24) is 9.78 Å². The molecule has 1 N–H and O–H groups in total. The van der Waals surface area contributed by atoms with Crippen LogP contribution >= 0.6 is 23.2 Å². The van der Waals surface area contributed by atoms with Crippen LogP contribution in [0.1, 0.15) is 59.4 Å². The predicted molar refractivity (Wildman–Crippen MR) is 137 cm³/mol. The van der Waals surface area contributed by atoms with E-state index in [4.69, 9.17) is 32.7 Å². The van der Waals surface area contributed by atoms with Gasteiger partial charge in [-0.05, 0) is 75.9 Å². The third-order valence-corrected chi connectivity index (χ3v) is 10.2. The number of aromatic nitrogens is 2. The largest absolute Gasteiger partial charge is 0.492 e. The molecule has 0 amide bonds. The van der Waals surface area contributed by atoms with Gasteiger partial charge in [0.15, 0.2) is 19.1 Å². The second-order valence-corrected chi connectivity index (χ2v) is 15.8. The molecule has 0 fully saturated rings. The number of hydrogen-bond acceptors (Lipinski definition) is 5. The first-order valence-electron chi connectivity index (χ1n) is 11.2. The van der Waals surface area contributed by atoms with E-state index < -0.39 is 19.4 Å². The van der Waals surface area contributed by atoms with Gasteiger partial charge < -0.3 is 14.3 Å². The van der Waals surface area contributed by atoms with Crippen LogP contribution in [0.4, 0.5) is 0 Å². The molecule has 0 bridgehead atoms. The minimum Gasteiger partial charge on any atom is -0.492 e. The first-order chi connectivity index (χ1) is 15.1. The highest BCUT2D eigenvalue weighted by Crippen LogP contribution is 2.40. The standard InChI is InChI=1S/C24H36Cl2N2O4Si/c1-23(2,3)28-22(29)21(26)20(15-27-28)32-16-17-10-11-19(18(25)14-17)31-13-9-8-12-24(4,5)33(6,7)30/h10-11,14-15,30H,8-9,12-13,16H2,1-7H3. The smallest absolute Gasteiger partial charge is 0.289 e. The summed E-state index contributed by atoms with van der Waals surface area (Å²) in [7, 11) is -2.18. The number of hydrogen-bond donors (Lipinski definition) is 1. The fourth-order valence-electron chi connectivity index (χ4n) is 3.07. The fourth-order valence-corrected chi connectivity index (χ4v) is 4.30. The van der Waals surface area contributed by atoms with Gasteiger partial charge >= 0.3 is 0 Å². The molecule has 0 aliphatic heterocycles. The van der Waals surface area contributed by atoms with Crippen LogP contribution in [-0.4, -0.2) is 29.5 Å². The van der Waals surface area contributed by atoms with E-state index in [1.807, 2.05) is 46.0 Å². The van der Waals surface area contributed by atoms with Gasteiger partial charge in [-0.25, -0.2) is 4.68 Å². The van der Waals surface area contributed by atoms with Crippen molar-refractivity contribution >= 4 is 31.5 Å². The molecule has 0 unspecified atom stereocenters. The van der Waals surface area contributed by atoms with Gasteiger partial charge in [0.2, 0.25) is 0 Å². The van der Waals surface area contributed by atoms with Gasteiger partial charge in [0.05, 0.1) is 23.4 Å². The van der Waals surface area contributed by atoms with Crippen molar-refractivity contribution in [3.8, 4) is 11.5 Å². The monoisotopic (exact) mass is 514 g/mol. The molecule has 0 atom stereocenters. The van der Waals surface area contributed by atoms with Gasteiger partial charge in [0, 0.05) is 0 Å². The zero-order valence-corrected chi connectivity index (χ0v) is 23.2. The molecule has 33 heavy (non-hydrogen) atoms. The highest BCUT2D eigenvalue weighted by molar-refractivity contribution is 6.72. The molecule has 0 aliphatic carbocycles. The Kier molecular flexibility index (Phi) is 9.07. The molecule has 184 valence electrons. The molecule has 9 heteroatoms. The van der Waals surface area contributed by atoms with E-state index in [0.717, 1.165) is 24.8 Å². The molecule has 0 saturated carbocycles. The van der Waals surface area contributed by atoms with Crippen LogP contribution in [0, 0.1) is 0 Å². The number of unbranched alkanes of at least 4 members (excludes halogenated alkanes) is 1. The summed E-state index contributed by atoms with van der Waals surface area (Å²) in [4.78, 5) is 22.8. The van der Waals surface area contributed by atoms with E-state index in [-0.39, 0.29) is 22.4 Å². The average molecular weight is 516 g/mol. The van der Waals surface area contributed by atoms with Crippen molar-refractivity contribution in [3.63, 3.8) is 0 Å². The Hall–Kier alpha value is -1.54. The van der Waals surface area contributed by atoms with Crippen LogP contribution in [0.5, 0.6) is 11.5 Å². The first kappa shape index (κ1) is 27.7. The second kappa shape index (κ2) is 10.8. The van der Waals surface area contributed by atoms with Crippen molar-refractivity contribution in [2.45, 2.75) is 84.2 Å². The van der Waals surface area contributed by atoms with Crippen molar-refractivity contribution in [2.75, 3.05) is 6.61 Å². The van der Waals surface area contributed by atoms with E-state index >= 15 is 0 Å². The fraction of sp³-hybridized carbons (Fsp3) is 0.583. The zero-order chi connectivity index (χ0) is 25.0. The van der Waals surface area contributed by atoms with Gasteiger partial charge in [-0.2, -0.15) is 5.10 Å². The van der Waals surface area contributed by atoms with Crippen molar-refractivity contribution in [2.24, 2.45) is 0 Å². The van der Waals surface area contributed by atoms with Crippen LogP contribution in [-0.2, 0) is 12.1 Å². The lowest BCUT2D eigenvalue weighted by Gasteiger charge is -2.35. The molecular weight excluding hydrogens is 479 g/mol. The summed E-state index contributed by atoms with van der Waals surface area (Å²) < 4.78 is 12.9. The van der Waals surface area contributed by atoms with Crippen molar-refractivity contribution < 1.29 is 14.3 Å². The van der Waals surface area contributed by atoms with Crippen molar-refractivity contribution in [1.29, 1.82) is 0 Å². The molecule has 0 aliphatic rings. The highest BCUT2D eigenvalue weighted by Gasteiger charge is 2.37. The Morgan fingerprint density at radius 1 is 1.06 bits per heavy atom. The minimum absolute atomic E-state index is 0.00130. The lowest BCUT2D eigenvalue weighted by Crippen LogP contribution is -2.38. The predicted octanol–water partition coefficient (Wildman–Crippen LogP) is 6.41. The van der Waals surface area contributed by atoms with Crippen LogP contribution in [0.25, 0.3) is 0 Å². The van der Waals surface area contributed by atoms with Crippen LogP contribution in [0.3, 0.4) is 0 Å². The number of rotatable bonds is 10. The molecule has 0 radical (unpaired) electrons. The van der Waals surface area contributed by atoms with E-state index in [9.17, 15) is 9.59 Å². The summed E-state index contributed by atoms with van der Waals surface area (Å²) in [5.74, 6) is 0.847. The summed E-state index contributed by atoms with van der Waals surface area (Å²) in [6.07, 6.45) is 4.29. The summed E-state index contributed by atoms with van der Waals surface area (Å²) in [5, 5.41) is 4.64. The Balaban J connectivity index is 1.90. The maximum Gasteiger partial charge on any atom is 0.289 e. The van der Waals surface area contributed by atoms with Gasteiger partial charge in [0.25, 0.3) is 5.56 Å². The summed E-state index contributed by atoms with van der Waals surface area (Å²) in [6, 6.07) is 5.45. The Morgan fingerprint density at radius 3 is 2.30 bits per heavy atom. The third-order valence-electron chi connectivity index (χ3n) is 6.02. The van der Waals surface area contributed by atoms with Crippen LogP contribution in [0.2, 0.25) is 28.2 Å². The van der Waals surface area contributed by atoms with E-state index in [1.54, 1.807) is 6.07 Å². The summed E-state index contributed by atoms with van der Waals surface area (Å²) >= 11 is 12.6. The number of halogens is 2. The Labute approximate surface area is 208 Å². The SMILES string of the molecule is CC(C)(C)n1ncc(OCc2ccc(OCCCCC(C)(C)[Si](C)(C)O)c(Cl)c2)c(Cl)c1=O. The number of benzene rings is 1. The minimum atomic E-state index is -2.18. The zero-order valence-electron chi connectivity index (χ0n) is 20.7. The van der Waals surface area contributed by atoms with E-state index in [0.29, 0.717) is 17.4 Å². The third kappa shape index (κ3) is 7.47. The van der Waals surface area contributed by atoms with Crippen LogP contribution < -0.4 is 15.0 Å². The van der Waals surface area contributed by atoms with Gasteiger partial charge in [-0.1, -0.05) is 43.1 Å². The first-order valence-corrected chi connectivity index (χ1v) is 14.9. The summed E-state index contributed by atoms with van der Waals surface area (Å²) in [5.41, 5.74) is -0.0484. The Morgan fingerprint density at radius 2 is 1.73 bits per heavy atom. The lowest BCUT2D eigenvalue weighted by atomic mass is 10.1. The molecule has 0 saturated heterocycles.